The summed E-state index contributed by atoms with van der Waals surface area (Å²) in [6, 6.07) is 75.8. The van der Waals surface area contributed by atoms with E-state index < -0.39 is 0 Å². The lowest BCUT2D eigenvalue weighted by Gasteiger charge is -2.32. The molecule has 12 aromatic rings. The van der Waals surface area contributed by atoms with E-state index in [1.54, 1.807) is 0 Å². The largest absolute Gasteiger partial charge is 0.456 e. The van der Waals surface area contributed by atoms with E-state index >= 15 is 0 Å². The molecule has 0 saturated carbocycles. The lowest BCUT2D eigenvalue weighted by Crippen LogP contribution is -2.13. The van der Waals surface area contributed by atoms with Gasteiger partial charge in [-0.2, -0.15) is 0 Å². The minimum atomic E-state index is 0.876. The van der Waals surface area contributed by atoms with Crippen LogP contribution in [0.25, 0.3) is 98.8 Å². The minimum absolute atomic E-state index is 0.876. The van der Waals surface area contributed by atoms with Crippen molar-refractivity contribution in [2.24, 2.45) is 0 Å². The molecule has 3 heteroatoms. The van der Waals surface area contributed by atoms with Crippen LogP contribution < -0.4 is 4.90 Å². The summed E-state index contributed by atoms with van der Waals surface area (Å²) in [5.41, 5.74) is 13.3. The van der Waals surface area contributed by atoms with Gasteiger partial charge in [-0.25, -0.2) is 0 Å². The SMILES string of the molecule is c1ccc(-c2c(N(c3cccc(-c4ccc5c(c4)oc4ccccc45)c3)c3ccccc3-c3cccc4c3oc3ccccc34)c3ccccc3c3ccccc23)cc1. The van der Waals surface area contributed by atoms with Crippen LogP contribution in [0.3, 0.4) is 0 Å². The van der Waals surface area contributed by atoms with Crippen LogP contribution >= 0.6 is 0 Å². The van der Waals surface area contributed by atoms with E-state index in [9.17, 15) is 0 Å². The Morgan fingerprint density at radius 1 is 0.305 bits per heavy atom. The summed E-state index contributed by atoms with van der Waals surface area (Å²) in [6.07, 6.45) is 0. The molecular formula is C56H35NO2. The van der Waals surface area contributed by atoms with E-state index in [4.69, 9.17) is 8.83 Å². The number of nitrogens with zero attached hydrogens (tertiary/aromatic N) is 1. The topological polar surface area (TPSA) is 29.5 Å². The van der Waals surface area contributed by atoms with Gasteiger partial charge in [0.1, 0.15) is 22.3 Å². The lowest BCUT2D eigenvalue weighted by molar-refractivity contribution is 0.669. The van der Waals surface area contributed by atoms with Gasteiger partial charge in [-0.15, -0.1) is 0 Å². The molecule has 0 bridgehead atoms. The maximum absolute atomic E-state index is 6.71. The standard InChI is InChI=1S/C56H35NO2/c1-2-16-36(17-3-1)54-46-25-6-4-20-40(46)41-21-5-7-26-47(41)55(54)57(39-19-14-18-37(34-39)38-32-33-45-43-23-9-12-30-51(43)58-53(45)35-38)50-29-11-8-22-42(50)48-27-15-28-49-44-24-10-13-31-52(44)59-56(48)49/h1-35H. The van der Waals surface area contributed by atoms with Crippen LogP contribution in [-0.2, 0) is 0 Å². The maximum Gasteiger partial charge on any atom is 0.143 e. The molecule has 0 aliphatic carbocycles. The zero-order valence-corrected chi connectivity index (χ0v) is 32.0. The monoisotopic (exact) mass is 753 g/mol. The molecule has 2 heterocycles. The lowest BCUT2D eigenvalue weighted by atomic mass is 9.89. The van der Waals surface area contributed by atoms with Crippen molar-refractivity contribution in [3.05, 3.63) is 212 Å². The number of hydrogen-bond acceptors (Lipinski definition) is 3. The Morgan fingerprint density at radius 3 is 1.66 bits per heavy atom. The number of rotatable bonds is 6. The first kappa shape index (κ1) is 33.3. The summed E-state index contributed by atoms with van der Waals surface area (Å²) in [4.78, 5) is 2.48. The van der Waals surface area contributed by atoms with Gasteiger partial charge in [-0.1, -0.05) is 170 Å². The predicted molar refractivity (Wildman–Crippen MR) is 247 cm³/mol. The van der Waals surface area contributed by atoms with Crippen LogP contribution in [0.2, 0.25) is 0 Å². The van der Waals surface area contributed by atoms with E-state index in [1.807, 2.05) is 18.2 Å². The average Bonchev–Trinajstić information content (AvgIpc) is 3.88. The summed E-state index contributed by atoms with van der Waals surface area (Å²) in [5.74, 6) is 0. The number of hydrogen-bond donors (Lipinski definition) is 0. The predicted octanol–water partition coefficient (Wildman–Crippen LogP) is 16.3. The molecule has 0 aliphatic heterocycles. The Morgan fingerprint density at radius 2 is 0.847 bits per heavy atom. The second-order valence-electron chi connectivity index (χ2n) is 15.2. The smallest absolute Gasteiger partial charge is 0.143 e. The van der Waals surface area contributed by atoms with Gasteiger partial charge in [0, 0.05) is 49.3 Å². The number of para-hydroxylation sites is 4. The fourth-order valence-corrected chi connectivity index (χ4v) is 9.23. The molecule has 0 N–H and O–H groups in total. The number of anilines is 3. The van der Waals surface area contributed by atoms with Crippen molar-refractivity contribution in [2.75, 3.05) is 4.90 Å². The van der Waals surface area contributed by atoms with Gasteiger partial charge in [0.05, 0.1) is 11.4 Å². The van der Waals surface area contributed by atoms with E-state index in [1.165, 1.54) is 21.7 Å². The molecule has 59 heavy (non-hydrogen) atoms. The highest BCUT2D eigenvalue weighted by Gasteiger charge is 2.26. The molecule has 0 radical (unpaired) electrons. The third kappa shape index (κ3) is 5.29. The summed E-state index contributed by atoms with van der Waals surface area (Å²) in [6.45, 7) is 0. The van der Waals surface area contributed by atoms with E-state index in [2.05, 4.69) is 199 Å². The van der Waals surface area contributed by atoms with Crippen LogP contribution in [0.15, 0.2) is 221 Å². The first-order valence-corrected chi connectivity index (χ1v) is 20.1. The van der Waals surface area contributed by atoms with Crippen molar-refractivity contribution < 1.29 is 8.83 Å². The molecule has 0 atom stereocenters. The molecule has 0 amide bonds. The Bertz CT molecular complexity index is 3580. The van der Waals surface area contributed by atoms with Gasteiger partial charge in [0.2, 0.25) is 0 Å². The van der Waals surface area contributed by atoms with Crippen LogP contribution in [0.1, 0.15) is 0 Å². The summed E-state index contributed by atoms with van der Waals surface area (Å²) in [7, 11) is 0. The molecule has 0 aliphatic rings. The molecule has 2 aromatic heterocycles. The molecule has 3 nitrogen and oxygen atoms in total. The maximum atomic E-state index is 6.71. The fraction of sp³-hybridized carbons (Fsp3) is 0. The van der Waals surface area contributed by atoms with Crippen molar-refractivity contribution in [2.45, 2.75) is 0 Å². The average molecular weight is 754 g/mol. The van der Waals surface area contributed by atoms with E-state index in [0.717, 1.165) is 94.1 Å². The number of furan rings is 2. The zero-order chi connectivity index (χ0) is 38.9. The second-order valence-corrected chi connectivity index (χ2v) is 15.2. The van der Waals surface area contributed by atoms with Crippen LogP contribution in [0.4, 0.5) is 17.1 Å². The van der Waals surface area contributed by atoms with Crippen molar-refractivity contribution in [1.29, 1.82) is 0 Å². The first-order valence-electron chi connectivity index (χ1n) is 20.1. The van der Waals surface area contributed by atoms with E-state index in [0.29, 0.717) is 0 Å². The molecule has 0 fully saturated rings. The third-order valence-corrected chi connectivity index (χ3v) is 11.8. The summed E-state index contributed by atoms with van der Waals surface area (Å²) in [5, 5.41) is 9.23. The zero-order valence-electron chi connectivity index (χ0n) is 32.0. The molecule has 0 spiro atoms. The van der Waals surface area contributed by atoms with Crippen molar-refractivity contribution in [1.82, 2.24) is 0 Å². The quantitative estimate of drug-likeness (QED) is 0.158. The van der Waals surface area contributed by atoms with Crippen LogP contribution in [-0.4, -0.2) is 0 Å². The Kier molecular flexibility index (Phi) is 7.54. The fourth-order valence-electron chi connectivity index (χ4n) is 9.23. The van der Waals surface area contributed by atoms with Gasteiger partial charge in [0.15, 0.2) is 0 Å². The van der Waals surface area contributed by atoms with E-state index in [-0.39, 0.29) is 0 Å². The Labute approximate surface area is 340 Å². The highest BCUT2D eigenvalue weighted by Crippen LogP contribution is 2.52. The van der Waals surface area contributed by atoms with Crippen molar-refractivity contribution in [3.8, 4) is 33.4 Å². The highest BCUT2D eigenvalue weighted by molar-refractivity contribution is 6.23. The van der Waals surface area contributed by atoms with Gasteiger partial charge < -0.3 is 13.7 Å². The summed E-state index contributed by atoms with van der Waals surface area (Å²) >= 11 is 0. The van der Waals surface area contributed by atoms with Crippen molar-refractivity contribution in [3.63, 3.8) is 0 Å². The molecule has 12 rings (SSSR count). The third-order valence-electron chi connectivity index (χ3n) is 11.8. The van der Waals surface area contributed by atoms with Gasteiger partial charge in [0.25, 0.3) is 0 Å². The van der Waals surface area contributed by atoms with Gasteiger partial charge in [-0.05, 0) is 75.3 Å². The molecule has 10 aromatic carbocycles. The molecular weight excluding hydrogens is 719 g/mol. The summed E-state index contributed by atoms with van der Waals surface area (Å²) < 4.78 is 13.1. The Balaban J connectivity index is 1.18. The van der Waals surface area contributed by atoms with Crippen molar-refractivity contribution >= 4 is 82.5 Å². The van der Waals surface area contributed by atoms with Gasteiger partial charge in [-0.3, -0.25) is 0 Å². The molecule has 0 saturated heterocycles. The van der Waals surface area contributed by atoms with Crippen LogP contribution in [0, 0.1) is 0 Å². The highest BCUT2D eigenvalue weighted by atomic mass is 16.3. The number of fused-ring (bicyclic) bond motifs is 9. The molecule has 0 unspecified atom stereocenters. The minimum Gasteiger partial charge on any atom is -0.456 e. The molecule has 276 valence electrons. The van der Waals surface area contributed by atoms with Crippen LogP contribution in [0.5, 0.6) is 0 Å². The first-order chi connectivity index (χ1) is 29.3. The van der Waals surface area contributed by atoms with Gasteiger partial charge >= 0.3 is 0 Å². The Hall–Kier alpha value is -7.88. The normalized spacial score (nSPS) is 11.7. The number of benzene rings is 10. The second kappa shape index (κ2) is 13.4.